The highest BCUT2D eigenvalue weighted by Crippen LogP contribution is 2.40. The maximum Gasteiger partial charge on any atom is 0.318 e. The second-order valence-electron chi connectivity index (χ2n) is 6.99. The summed E-state index contributed by atoms with van der Waals surface area (Å²) in [4.78, 5) is 23.5. The molecule has 1 atom stereocenters. The van der Waals surface area contributed by atoms with Crippen LogP contribution < -0.4 is 0 Å². The summed E-state index contributed by atoms with van der Waals surface area (Å²) < 4.78 is 9.96. The van der Waals surface area contributed by atoms with Crippen molar-refractivity contribution >= 4 is 34.5 Å². The molecule has 1 unspecified atom stereocenters. The maximum atomic E-state index is 12.2. The summed E-state index contributed by atoms with van der Waals surface area (Å²) in [5, 5.41) is 11.5. The summed E-state index contributed by atoms with van der Waals surface area (Å²) in [5.41, 5.74) is -0.983. The van der Waals surface area contributed by atoms with Gasteiger partial charge in [-0.15, -0.1) is 0 Å². The van der Waals surface area contributed by atoms with E-state index in [1.54, 1.807) is 6.92 Å². The van der Waals surface area contributed by atoms with Gasteiger partial charge in [0.2, 0.25) is 0 Å². The predicted molar refractivity (Wildman–Crippen MR) is 89.9 cm³/mol. The van der Waals surface area contributed by atoms with Gasteiger partial charge in [0.05, 0.1) is 5.92 Å². The Morgan fingerprint density at radius 2 is 1.64 bits per heavy atom. The smallest absolute Gasteiger partial charge is 0.318 e. The van der Waals surface area contributed by atoms with Crippen LogP contribution in [-0.2, 0) is 19.1 Å². The van der Waals surface area contributed by atoms with E-state index >= 15 is 0 Å². The monoisotopic (exact) mass is 427 g/mol. The first-order valence-corrected chi connectivity index (χ1v) is 8.68. The minimum Gasteiger partial charge on any atom is -0.462 e. The first kappa shape index (κ1) is 19.6. The van der Waals surface area contributed by atoms with Crippen LogP contribution in [0.4, 0.5) is 0 Å². The third-order valence-corrected chi connectivity index (χ3v) is 4.38. The van der Waals surface area contributed by atoms with Gasteiger partial charge in [-0.1, -0.05) is 22.6 Å². The molecular weight excluding hydrogens is 401 g/mol. The molecule has 1 aliphatic heterocycles. The summed E-state index contributed by atoms with van der Waals surface area (Å²) in [6, 6.07) is 0. The van der Waals surface area contributed by atoms with Crippen LogP contribution in [0.15, 0.2) is 0 Å². The van der Waals surface area contributed by atoms with Gasteiger partial charge in [0, 0.05) is 11.1 Å². The molecule has 7 heteroatoms. The number of halogens is 1. The fourth-order valence-corrected chi connectivity index (χ4v) is 3.13. The normalized spacial score (nSPS) is 22.9. The van der Waals surface area contributed by atoms with Crippen LogP contribution >= 0.6 is 22.6 Å². The highest BCUT2D eigenvalue weighted by molar-refractivity contribution is 14.1. The van der Waals surface area contributed by atoms with Crippen LogP contribution in [0.25, 0.3) is 0 Å². The Hall–Kier alpha value is -0.410. The number of hydroxylamine groups is 2. The highest BCUT2D eigenvalue weighted by atomic mass is 127. The number of esters is 2. The van der Waals surface area contributed by atoms with E-state index in [9.17, 15) is 14.8 Å². The zero-order chi connectivity index (χ0) is 17.1. The van der Waals surface area contributed by atoms with Crippen molar-refractivity contribution in [3.8, 4) is 0 Å². The van der Waals surface area contributed by atoms with E-state index in [2.05, 4.69) is 0 Å². The van der Waals surface area contributed by atoms with Gasteiger partial charge in [-0.05, 0) is 47.5 Å². The molecule has 0 bridgehead atoms. The van der Waals surface area contributed by atoms with E-state index in [0.29, 0.717) is 12.8 Å². The number of carbonyl (C=O) groups excluding carboxylic acids is 2. The van der Waals surface area contributed by atoms with Gasteiger partial charge in [0.15, 0.2) is 0 Å². The fraction of sp³-hybridized carbons (Fsp3) is 0.867. The quantitative estimate of drug-likeness (QED) is 0.315. The second-order valence-corrected chi connectivity index (χ2v) is 8.86. The molecule has 0 aromatic rings. The van der Waals surface area contributed by atoms with Crippen LogP contribution in [0.1, 0.15) is 47.5 Å². The molecule has 128 valence electrons. The number of hydrogen-bond acceptors (Lipinski definition) is 6. The van der Waals surface area contributed by atoms with Crippen LogP contribution in [-0.4, -0.2) is 50.4 Å². The van der Waals surface area contributed by atoms with Crippen molar-refractivity contribution in [1.29, 1.82) is 0 Å². The molecule has 0 amide bonds. The number of nitrogens with zero attached hydrogens (tertiary/aromatic N) is 1. The molecule has 1 N–H and O–H groups in total. The van der Waals surface area contributed by atoms with Crippen molar-refractivity contribution in [2.45, 2.75) is 62.5 Å². The summed E-state index contributed by atoms with van der Waals surface area (Å²) in [6.07, 6.45) is 1.05. The summed E-state index contributed by atoms with van der Waals surface area (Å²) in [7, 11) is 0. The Labute approximate surface area is 145 Å². The van der Waals surface area contributed by atoms with Gasteiger partial charge in [0.1, 0.15) is 17.1 Å². The number of alkyl halides is 1. The third-order valence-electron chi connectivity index (χ3n) is 3.87. The molecule has 0 aliphatic carbocycles. The molecule has 0 radical (unpaired) electrons. The molecule has 6 nitrogen and oxygen atoms in total. The van der Waals surface area contributed by atoms with E-state index in [1.165, 1.54) is 5.06 Å². The number of ether oxygens (including phenoxy) is 2. The lowest BCUT2D eigenvalue weighted by molar-refractivity contribution is -0.252. The SMILES string of the molecule is CC(I)C(=O)OCCOC(=O)C1CC(C)(C)N(O)C(C)(C)C1. The molecule has 1 rings (SSSR count). The largest absolute Gasteiger partial charge is 0.462 e. The van der Waals surface area contributed by atoms with Gasteiger partial charge in [0.25, 0.3) is 0 Å². The van der Waals surface area contributed by atoms with E-state index in [-0.39, 0.29) is 35.0 Å². The van der Waals surface area contributed by atoms with Gasteiger partial charge in [-0.2, -0.15) is 5.06 Å². The molecule has 1 aliphatic rings. The van der Waals surface area contributed by atoms with Crippen LogP contribution in [0, 0.1) is 5.92 Å². The zero-order valence-electron chi connectivity index (χ0n) is 13.9. The highest BCUT2D eigenvalue weighted by Gasteiger charge is 2.47. The van der Waals surface area contributed by atoms with E-state index in [0.717, 1.165) is 0 Å². The Bertz CT molecular complexity index is 404. The Balaban J connectivity index is 2.48. The summed E-state index contributed by atoms with van der Waals surface area (Å²) in [5.74, 6) is -0.882. The van der Waals surface area contributed by atoms with Crippen molar-refractivity contribution in [2.75, 3.05) is 13.2 Å². The standard InChI is InChI=1S/C15H26INO5/c1-10(16)12(18)21-6-7-22-13(19)11-8-14(2,3)17(20)15(4,5)9-11/h10-11,20H,6-9H2,1-5H3. The Kier molecular flexibility index (Phi) is 6.64. The Morgan fingerprint density at radius 1 is 1.18 bits per heavy atom. The molecular formula is C15H26INO5. The molecule has 22 heavy (non-hydrogen) atoms. The van der Waals surface area contributed by atoms with E-state index in [4.69, 9.17) is 9.47 Å². The minimum atomic E-state index is -0.492. The zero-order valence-corrected chi connectivity index (χ0v) is 16.0. The first-order valence-electron chi connectivity index (χ1n) is 7.44. The topological polar surface area (TPSA) is 76.1 Å². The van der Waals surface area contributed by atoms with Gasteiger partial charge in [-0.3, -0.25) is 9.59 Å². The van der Waals surface area contributed by atoms with Crippen molar-refractivity contribution in [3.05, 3.63) is 0 Å². The van der Waals surface area contributed by atoms with Gasteiger partial charge in [-0.25, -0.2) is 0 Å². The molecule has 0 aromatic carbocycles. The van der Waals surface area contributed by atoms with E-state index in [1.807, 2.05) is 50.3 Å². The third kappa shape index (κ3) is 5.06. The van der Waals surface area contributed by atoms with Gasteiger partial charge >= 0.3 is 11.9 Å². The average molecular weight is 427 g/mol. The van der Waals surface area contributed by atoms with E-state index < -0.39 is 11.1 Å². The lowest BCUT2D eigenvalue weighted by Gasteiger charge is -2.50. The molecule has 0 aromatic heterocycles. The maximum absolute atomic E-state index is 12.2. The van der Waals surface area contributed by atoms with Crippen molar-refractivity contribution in [2.24, 2.45) is 5.92 Å². The lowest BCUT2D eigenvalue weighted by atomic mass is 9.75. The first-order chi connectivity index (χ1) is 9.97. The van der Waals surface area contributed by atoms with Crippen molar-refractivity contribution < 1.29 is 24.3 Å². The minimum absolute atomic E-state index is 0.0636. The van der Waals surface area contributed by atoms with Crippen LogP contribution in [0.2, 0.25) is 0 Å². The summed E-state index contributed by atoms with van der Waals surface area (Å²) in [6.45, 7) is 9.48. The number of carbonyl (C=O) groups is 2. The van der Waals surface area contributed by atoms with Crippen molar-refractivity contribution in [1.82, 2.24) is 5.06 Å². The summed E-state index contributed by atoms with van der Waals surface area (Å²) >= 11 is 1.97. The number of hydrogen-bond donors (Lipinski definition) is 1. The van der Waals surface area contributed by atoms with Gasteiger partial charge < -0.3 is 14.7 Å². The lowest BCUT2D eigenvalue weighted by Crippen LogP contribution is -2.60. The van der Waals surface area contributed by atoms with Crippen LogP contribution in [0.5, 0.6) is 0 Å². The second kappa shape index (κ2) is 7.44. The molecule has 0 spiro atoms. The molecule has 1 saturated heterocycles. The average Bonchev–Trinajstić information content (AvgIpc) is 2.39. The molecule has 1 fully saturated rings. The number of piperidine rings is 1. The number of rotatable bonds is 5. The molecule has 1 heterocycles. The fourth-order valence-electron chi connectivity index (χ4n) is 2.95. The van der Waals surface area contributed by atoms with Crippen LogP contribution in [0.3, 0.4) is 0 Å². The Morgan fingerprint density at radius 3 is 2.09 bits per heavy atom. The van der Waals surface area contributed by atoms with Crippen molar-refractivity contribution in [3.63, 3.8) is 0 Å². The predicted octanol–water partition coefficient (Wildman–Crippen LogP) is 2.55. The molecule has 0 saturated carbocycles.